The van der Waals surface area contributed by atoms with Gasteiger partial charge in [-0.2, -0.15) is 0 Å². The van der Waals surface area contributed by atoms with Crippen molar-refractivity contribution >= 4 is 22.4 Å². The number of amides is 1. The van der Waals surface area contributed by atoms with Crippen LogP contribution in [0.1, 0.15) is 21.5 Å². The van der Waals surface area contributed by atoms with Gasteiger partial charge in [0.25, 0.3) is 5.91 Å². The molecule has 0 fully saturated rings. The summed E-state index contributed by atoms with van der Waals surface area (Å²) in [4.78, 5) is 18.5. The van der Waals surface area contributed by atoms with Crippen LogP contribution in [-0.2, 0) is 0 Å². The molecule has 4 heteroatoms. The van der Waals surface area contributed by atoms with Crippen LogP contribution in [0.15, 0.2) is 78.9 Å². The standard InChI is InChI=1S/C24H20N2OS/c1-16-11-13-18(14-12-16)21-22(19-8-4-3-5-9-19)28-24(25-21)26-23(27)20-10-6-7-17(2)15-20/h3-15H,1-2H3,(H,25,26,27). The average molecular weight is 385 g/mol. The summed E-state index contributed by atoms with van der Waals surface area (Å²) in [5.74, 6) is -0.146. The third-order valence-corrected chi connectivity index (χ3v) is 5.51. The second-order valence-corrected chi connectivity index (χ2v) is 7.75. The predicted octanol–water partition coefficient (Wildman–Crippen LogP) is 6.35. The van der Waals surface area contributed by atoms with E-state index in [1.54, 1.807) is 0 Å². The van der Waals surface area contributed by atoms with E-state index in [2.05, 4.69) is 48.6 Å². The van der Waals surface area contributed by atoms with Gasteiger partial charge < -0.3 is 0 Å². The van der Waals surface area contributed by atoms with E-state index < -0.39 is 0 Å². The molecule has 1 aromatic heterocycles. The molecule has 138 valence electrons. The lowest BCUT2D eigenvalue weighted by atomic mass is 10.1. The van der Waals surface area contributed by atoms with Crippen LogP contribution in [0.5, 0.6) is 0 Å². The molecule has 0 bridgehead atoms. The number of aromatic nitrogens is 1. The zero-order chi connectivity index (χ0) is 19.5. The molecule has 0 aliphatic rings. The van der Waals surface area contributed by atoms with E-state index in [0.717, 1.165) is 27.3 Å². The van der Waals surface area contributed by atoms with Gasteiger partial charge in [0, 0.05) is 11.1 Å². The summed E-state index contributed by atoms with van der Waals surface area (Å²) in [6, 6.07) is 26.0. The number of rotatable bonds is 4. The third-order valence-electron chi connectivity index (χ3n) is 4.49. The van der Waals surface area contributed by atoms with E-state index >= 15 is 0 Å². The summed E-state index contributed by atoms with van der Waals surface area (Å²) in [6.07, 6.45) is 0. The van der Waals surface area contributed by atoms with Gasteiger partial charge in [-0.25, -0.2) is 4.98 Å². The number of nitrogens with zero attached hydrogens (tertiary/aromatic N) is 1. The summed E-state index contributed by atoms with van der Waals surface area (Å²) in [7, 11) is 0. The Morgan fingerprint density at radius 2 is 1.57 bits per heavy atom. The minimum absolute atomic E-state index is 0.146. The SMILES string of the molecule is Cc1ccc(-c2nc(NC(=O)c3cccc(C)c3)sc2-c2ccccc2)cc1. The number of hydrogen-bond acceptors (Lipinski definition) is 3. The Labute approximate surface area is 168 Å². The van der Waals surface area contributed by atoms with Crippen LogP contribution in [0.2, 0.25) is 0 Å². The second kappa shape index (κ2) is 7.79. The summed E-state index contributed by atoms with van der Waals surface area (Å²) in [5, 5.41) is 3.56. The molecule has 0 spiro atoms. The van der Waals surface area contributed by atoms with Crippen molar-refractivity contribution in [3.8, 4) is 21.7 Å². The number of thiazole rings is 1. The molecule has 1 heterocycles. The normalized spacial score (nSPS) is 10.6. The van der Waals surface area contributed by atoms with Crippen LogP contribution in [-0.4, -0.2) is 10.9 Å². The second-order valence-electron chi connectivity index (χ2n) is 6.75. The quantitative estimate of drug-likeness (QED) is 0.446. The molecule has 28 heavy (non-hydrogen) atoms. The van der Waals surface area contributed by atoms with Gasteiger partial charge in [0.05, 0.1) is 10.6 Å². The predicted molar refractivity (Wildman–Crippen MR) is 117 cm³/mol. The topological polar surface area (TPSA) is 42.0 Å². The van der Waals surface area contributed by atoms with Crippen LogP contribution in [0, 0.1) is 13.8 Å². The van der Waals surface area contributed by atoms with E-state index in [0.29, 0.717) is 10.7 Å². The summed E-state index contributed by atoms with van der Waals surface area (Å²) in [5.41, 5.74) is 5.90. The number of carbonyl (C=O) groups is 1. The first-order valence-corrected chi connectivity index (χ1v) is 9.93. The molecule has 1 amide bonds. The van der Waals surface area contributed by atoms with Crippen molar-refractivity contribution in [3.63, 3.8) is 0 Å². The van der Waals surface area contributed by atoms with E-state index in [-0.39, 0.29) is 5.91 Å². The van der Waals surface area contributed by atoms with Gasteiger partial charge >= 0.3 is 0 Å². The van der Waals surface area contributed by atoms with Crippen molar-refractivity contribution < 1.29 is 4.79 Å². The maximum absolute atomic E-state index is 12.7. The highest BCUT2D eigenvalue weighted by molar-refractivity contribution is 7.19. The highest BCUT2D eigenvalue weighted by Gasteiger charge is 2.17. The van der Waals surface area contributed by atoms with E-state index in [9.17, 15) is 4.79 Å². The van der Waals surface area contributed by atoms with Crippen LogP contribution in [0.3, 0.4) is 0 Å². The Morgan fingerprint density at radius 1 is 0.821 bits per heavy atom. The minimum atomic E-state index is -0.146. The maximum atomic E-state index is 12.7. The highest BCUT2D eigenvalue weighted by Crippen LogP contribution is 2.39. The largest absolute Gasteiger partial charge is 0.298 e. The Morgan fingerprint density at radius 3 is 2.29 bits per heavy atom. The van der Waals surface area contributed by atoms with Gasteiger partial charge in [-0.3, -0.25) is 10.1 Å². The zero-order valence-corrected chi connectivity index (χ0v) is 16.6. The first kappa shape index (κ1) is 18.1. The monoisotopic (exact) mass is 384 g/mol. The lowest BCUT2D eigenvalue weighted by Gasteiger charge is -2.03. The molecule has 0 atom stereocenters. The molecule has 3 nitrogen and oxygen atoms in total. The van der Waals surface area contributed by atoms with Gasteiger partial charge in [0.15, 0.2) is 5.13 Å². The molecule has 0 aliphatic heterocycles. The molecule has 0 radical (unpaired) electrons. The fourth-order valence-electron chi connectivity index (χ4n) is 3.02. The van der Waals surface area contributed by atoms with Gasteiger partial charge in [-0.05, 0) is 31.5 Å². The van der Waals surface area contributed by atoms with Crippen molar-refractivity contribution in [2.45, 2.75) is 13.8 Å². The molecule has 0 unspecified atom stereocenters. The summed E-state index contributed by atoms with van der Waals surface area (Å²) in [6.45, 7) is 4.04. The summed E-state index contributed by atoms with van der Waals surface area (Å²) >= 11 is 1.50. The smallest absolute Gasteiger partial charge is 0.257 e. The number of nitrogens with one attached hydrogen (secondary N) is 1. The molecular weight excluding hydrogens is 364 g/mol. The summed E-state index contributed by atoms with van der Waals surface area (Å²) < 4.78 is 0. The number of aryl methyl sites for hydroxylation is 2. The Balaban J connectivity index is 1.73. The van der Waals surface area contributed by atoms with Crippen molar-refractivity contribution in [1.82, 2.24) is 4.98 Å². The number of benzene rings is 3. The van der Waals surface area contributed by atoms with Crippen LogP contribution in [0.4, 0.5) is 5.13 Å². The molecule has 0 saturated carbocycles. The van der Waals surface area contributed by atoms with Crippen molar-refractivity contribution in [2.75, 3.05) is 5.32 Å². The van der Waals surface area contributed by atoms with E-state index in [4.69, 9.17) is 4.98 Å². The first-order valence-electron chi connectivity index (χ1n) is 9.11. The van der Waals surface area contributed by atoms with E-state index in [1.165, 1.54) is 16.9 Å². The molecular formula is C24H20N2OS. The fourth-order valence-corrected chi connectivity index (χ4v) is 4.01. The maximum Gasteiger partial charge on any atom is 0.257 e. The Bertz CT molecular complexity index is 1120. The molecule has 0 aliphatic carbocycles. The zero-order valence-electron chi connectivity index (χ0n) is 15.8. The number of anilines is 1. The highest BCUT2D eigenvalue weighted by atomic mass is 32.1. The van der Waals surface area contributed by atoms with Crippen molar-refractivity contribution in [1.29, 1.82) is 0 Å². The molecule has 4 aromatic rings. The molecule has 0 saturated heterocycles. The fraction of sp³-hybridized carbons (Fsp3) is 0.0833. The minimum Gasteiger partial charge on any atom is -0.298 e. The van der Waals surface area contributed by atoms with Gasteiger partial charge in [-0.1, -0.05) is 89.2 Å². The van der Waals surface area contributed by atoms with Crippen molar-refractivity contribution in [3.05, 3.63) is 95.6 Å². The lowest BCUT2D eigenvalue weighted by molar-refractivity contribution is 0.102. The van der Waals surface area contributed by atoms with Gasteiger partial charge in [0.1, 0.15) is 0 Å². The van der Waals surface area contributed by atoms with Gasteiger partial charge in [0.2, 0.25) is 0 Å². The van der Waals surface area contributed by atoms with Gasteiger partial charge in [-0.15, -0.1) is 0 Å². The number of carbonyl (C=O) groups excluding carboxylic acids is 1. The lowest BCUT2D eigenvalue weighted by Crippen LogP contribution is -2.11. The van der Waals surface area contributed by atoms with Crippen LogP contribution >= 0.6 is 11.3 Å². The molecule has 1 N–H and O–H groups in total. The van der Waals surface area contributed by atoms with Crippen LogP contribution < -0.4 is 5.32 Å². The Hall–Kier alpha value is -3.24. The number of hydrogen-bond donors (Lipinski definition) is 1. The molecule has 4 rings (SSSR count). The van der Waals surface area contributed by atoms with E-state index in [1.807, 2.05) is 49.4 Å². The molecule has 3 aromatic carbocycles. The first-order chi connectivity index (χ1) is 13.6. The Kier molecular flexibility index (Phi) is 5.04. The van der Waals surface area contributed by atoms with Crippen LogP contribution in [0.25, 0.3) is 21.7 Å². The third kappa shape index (κ3) is 3.87. The average Bonchev–Trinajstić information content (AvgIpc) is 3.13. The van der Waals surface area contributed by atoms with Crippen molar-refractivity contribution in [2.24, 2.45) is 0 Å².